The third-order valence-electron chi connectivity index (χ3n) is 3.67. The van der Waals surface area contributed by atoms with Gasteiger partial charge in [-0.3, -0.25) is 4.79 Å². The first kappa shape index (κ1) is 15.7. The van der Waals surface area contributed by atoms with E-state index in [1.165, 1.54) is 0 Å². The van der Waals surface area contributed by atoms with Gasteiger partial charge in [0, 0.05) is 36.2 Å². The van der Waals surface area contributed by atoms with Crippen molar-refractivity contribution in [2.45, 2.75) is 65.5 Å². The molecule has 1 aliphatic heterocycles. The second-order valence-electron chi connectivity index (χ2n) is 7.13. The number of hydrogen-bond acceptors (Lipinski definition) is 4. The van der Waals surface area contributed by atoms with Crippen LogP contribution in [0.15, 0.2) is 6.07 Å². The van der Waals surface area contributed by atoms with Crippen LogP contribution in [0.3, 0.4) is 0 Å². The molecule has 1 amide bonds. The normalized spacial score (nSPS) is 19.5. The van der Waals surface area contributed by atoms with E-state index in [0.29, 0.717) is 12.3 Å². The number of likely N-dealkylation sites (tertiary alicyclic amines) is 1. The van der Waals surface area contributed by atoms with Crippen molar-refractivity contribution in [2.75, 3.05) is 11.9 Å². The third-order valence-corrected chi connectivity index (χ3v) is 3.67. The lowest BCUT2D eigenvalue weighted by Gasteiger charge is -2.32. The molecule has 2 rings (SSSR count). The first-order valence-electron chi connectivity index (χ1n) is 7.59. The smallest absolute Gasteiger partial charge is 0.225 e. The van der Waals surface area contributed by atoms with Crippen LogP contribution in [0.4, 0.5) is 5.82 Å². The largest absolute Gasteiger partial charge is 0.365 e. The Bertz CT molecular complexity index is 534. The summed E-state index contributed by atoms with van der Waals surface area (Å²) in [5.41, 5.74) is 0.825. The van der Waals surface area contributed by atoms with Crippen molar-refractivity contribution in [3.63, 3.8) is 0 Å². The highest BCUT2D eigenvalue weighted by Gasteiger charge is 2.36. The molecule has 1 atom stereocenters. The SMILES string of the molecule is Cc1cc(NC2CC(=O)N(C(C)(C)C)C2)nc(C(C)C)n1. The lowest BCUT2D eigenvalue weighted by atomic mass is 10.1. The zero-order valence-corrected chi connectivity index (χ0v) is 13.9. The Morgan fingerprint density at radius 3 is 2.52 bits per heavy atom. The molecule has 0 bridgehead atoms. The summed E-state index contributed by atoms with van der Waals surface area (Å²) in [5.74, 6) is 2.16. The van der Waals surface area contributed by atoms with E-state index in [2.05, 4.69) is 49.9 Å². The van der Waals surface area contributed by atoms with Gasteiger partial charge in [-0.05, 0) is 27.7 Å². The molecule has 0 radical (unpaired) electrons. The number of aryl methyl sites for hydroxylation is 1. The zero-order chi connectivity index (χ0) is 15.8. The van der Waals surface area contributed by atoms with E-state index in [1.54, 1.807) is 0 Å². The summed E-state index contributed by atoms with van der Waals surface area (Å²) in [5, 5.41) is 3.40. The summed E-state index contributed by atoms with van der Waals surface area (Å²) in [4.78, 5) is 23.1. The van der Waals surface area contributed by atoms with Crippen LogP contribution in [-0.2, 0) is 4.79 Å². The van der Waals surface area contributed by atoms with E-state index in [0.717, 1.165) is 23.9 Å². The summed E-state index contributed by atoms with van der Waals surface area (Å²) in [6.07, 6.45) is 0.525. The molecule has 1 fully saturated rings. The molecule has 1 unspecified atom stereocenters. The summed E-state index contributed by atoms with van der Waals surface area (Å²) in [6.45, 7) is 13.1. The van der Waals surface area contributed by atoms with Gasteiger partial charge in [-0.25, -0.2) is 9.97 Å². The molecule has 0 aromatic carbocycles. The predicted octanol–water partition coefficient (Wildman–Crippen LogP) is 2.72. The molecule has 116 valence electrons. The van der Waals surface area contributed by atoms with Gasteiger partial charge in [-0.15, -0.1) is 0 Å². The molecule has 1 saturated heterocycles. The Morgan fingerprint density at radius 2 is 2.00 bits per heavy atom. The van der Waals surface area contributed by atoms with Crippen LogP contribution >= 0.6 is 0 Å². The van der Waals surface area contributed by atoms with Crippen molar-refractivity contribution in [1.82, 2.24) is 14.9 Å². The monoisotopic (exact) mass is 290 g/mol. The van der Waals surface area contributed by atoms with Gasteiger partial charge < -0.3 is 10.2 Å². The molecule has 1 aliphatic rings. The molecule has 1 aromatic heterocycles. The van der Waals surface area contributed by atoms with Crippen LogP contribution in [0.2, 0.25) is 0 Å². The fourth-order valence-electron chi connectivity index (χ4n) is 2.59. The highest BCUT2D eigenvalue weighted by atomic mass is 16.2. The topological polar surface area (TPSA) is 58.1 Å². The Labute approximate surface area is 127 Å². The summed E-state index contributed by atoms with van der Waals surface area (Å²) in [6, 6.07) is 2.06. The molecule has 21 heavy (non-hydrogen) atoms. The standard InChI is InChI=1S/C16H26N4O/c1-10(2)15-17-11(3)7-13(19-15)18-12-8-14(21)20(9-12)16(4,5)6/h7,10,12H,8-9H2,1-6H3,(H,17,18,19). The van der Waals surface area contributed by atoms with Crippen LogP contribution in [0.1, 0.15) is 58.5 Å². The fourth-order valence-corrected chi connectivity index (χ4v) is 2.59. The first-order valence-corrected chi connectivity index (χ1v) is 7.59. The molecule has 0 spiro atoms. The highest BCUT2D eigenvalue weighted by Crippen LogP contribution is 2.24. The quantitative estimate of drug-likeness (QED) is 0.930. The van der Waals surface area contributed by atoms with Gasteiger partial charge in [0.15, 0.2) is 0 Å². The maximum Gasteiger partial charge on any atom is 0.225 e. The number of rotatable bonds is 3. The van der Waals surface area contributed by atoms with Crippen LogP contribution < -0.4 is 5.32 Å². The minimum Gasteiger partial charge on any atom is -0.365 e. The van der Waals surface area contributed by atoms with Crippen LogP contribution in [0.25, 0.3) is 0 Å². The molecule has 1 aromatic rings. The zero-order valence-electron chi connectivity index (χ0n) is 13.9. The summed E-state index contributed by atoms with van der Waals surface area (Å²) >= 11 is 0. The van der Waals surface area contributed by atoms with E-state index in [1.807, 2.05) is 17.9 Å². The van der Waals surface area contributed by atoms with Crippen molar-refractivity contribution < 1.29 is 4.79 Å². The van der Waals surface area contributed by atoms with Crippen molar-refractivity contribution >= 4 is 11.7 Å². The lowest BCUT2D eigenvalue weighted by molar-refractivity contribution is -0.131. The van der Waals surface area contributed by atoms with Gasteiger partial charge in [-0.2, -0.15) is 0 Å². The number of nitrogens with zero attached hydrogens (tertiary/aromatic N) is 3. The Hall–Kier alpha value is -1.65. The number of carbonyl (C=O) groups is 1. The summed E-state index contributed by atoms with van der Waals surface area (Å²) in [7, 11) is 0. The average molecular weight is 290 g/mol. The first-order chi connectivity index (χ1) is 9.66. The molecule has 0 saturated carbocycles. The second-order valence-corrected chi connectivity index (χ2v) is 7.13. The molecule has 1 N–H and O–H groups in total. The molecular formula is C16H26N4O. The Morgan fingerprint density at radius 1 is 1.33 bits per heavy atom. The molecular weight excluding hydrogens is 264 g/mol. The third kappa shape index (κ3) is 3.71. The minimum atomic E-state index is -0.127. The molecule has 5 nitrogen and oxygen atoms in total. The molecule has 2 heterocycles. The van der Waals surface area contributed by atoms with E-state index < -0.39 is 0 Å². The van der Waals surface area contributed by atoms with Gasteiger partial charge >= 0.3 is 0 Å². The Kier molecular flexibility index (Phi) is 4.21. The second kappa shape index (κ2) is 5.62. The van der Waals surface area contributed by atoms with Gasteiger partial charge in [0.25, 0.3) is 0 Å². The highest BCUT2D eigenvalue weighted by molar-refractivity contribution is 5.80. The van der Waals surface area contributed by atoms with Crippen LogP contribution in [0.5, 0.6) is 0 Å². The number of aromatic nitrogens is 2. The predicted molar refractivity (Wildman–Crippen MR) is 84.4 cm³/mol. The minimum absolute atomic E-state index is 0.117. The molecule has 5 heteroatoms. The van der Waals surface area contributed by atoms with Gasteiger partial charge in [0.1, 0.15) is 11.6 Å². The summed E-state index contributed by atoms with van der Waals surface area (Å²) < 4.78 is 0. The van der Waals surface area contributed by atoms with Gasteiger partial charge in [0.05, 0.1) is 6.04 Å². The van der Waals surface area contributed by atoms with Crippen molar-refractivity contribution in [1.29, 1.82) is 0 Å². The number of amides is 1. The number of carbonyl (C=O) groups excluding carboxylic acids is 1. The fraction of sp³-hybridized carbons (Fsp3) is 0.688. The van der Waals surface area contributed by atoms with E-state index >= 15 is 0 Å². The average Bonchev–Trinajstić information content (AvgIpc) is 2.69. The van der Waals surface area contributed by atoms with Gasteiger partial charge in [-0.1, -0.05) is 13.8 Å². The Balaban J connectivity index is 2.11. The number of nitrogens with one attached hydrogen (secondary N) is 1. The number of anilines is 1. The van der Waals surface area contributed by atoms with Gasteiger partial charge in [0.2, 0.25) is 5.91 Å². The lowest BCUT2D eigenvalue weighted by Crippen LogP contribution is -2.43. The van der Waals surface area contributed by atoms with E-state index in [-0.39, 0.29) is 17.5 Å². The van der Waals surface area contributed by atoms with Crippen LogP contribution in [0, 0.1) is 6.92 Å². The van der Waals surface area contributed by atoms with Crippen molar-refractivity contribution in [2.24, 2.45) is 0 Å². The maximum atomic E-state index is 12.1. The van der Waals surface area contributed by atoms with Crippen molar-refractivity contribution in [3.05, 3.63) is 17.6 Å². The van der Waals surface area contributed by atoms with Crippen LogP contribution in [-0.4, -0.2) is 38.9 Å². The van der Waals surface area contributed by atoms with Crippen molar-refractivity contribution in [3.8, 4) is 0 Å². The van der Waals surface area contributed by atoms with E-state index in [9.17, 15) is 4.79 Å². The number of hydrogen-bond donors (Lipinski definition) is 1. The van der Waals surface area contributed by atoms with E-state index in [4.69, 9.17) is 0 Å². The molecule has 0 aliphatic carbocycles. The maximum absolute atomic E-state index is 12.1.